The van der Waals surface area contributed by atoms with Gasteiger partial charge in [0.2, 0.25) is 5.91 Å². The van der Waals surface area contributed by atoms with Gasteiger partial charge in [0.05, 0.1) is 18.8 Å². The highest BCUT2D eigenvalue weighted by atomic mass is 16.5. The number of amides is 2. The average Bonchev–Trinajstić information content (AvgIpc) is 3.29. The molecular weight excluding hydrogens is 430 g/mol. The summed E-state index contributed by atoms with van der Waals surface area (Å²) in [6.45, 7) is 7.78. The lowest BCUT2D eigenvalue weighted by molar-refractivity contribution is -0.151. The van der Waals surface area contributed by atoms with Crippen molar-refractivity contribution in [2.75, 3.05) is 20.3 Å². The van der Waals surface area contributed by atoms with E-state index in [2.05, 4.69) is 24.1 Å². The van der Waals surface area contributed by atoms with Crippen molar-refractivity contribution < 1.29 is 19.4 Å². The summed E-state index contributed by atoms with van der Waals surface area (Å²) in [4.78, 5) is 32.4. The number of hydrogen-bond acceptors (Lipinski definition) is 5. The molecule has 1 aromatic heterocycles. The number of ether oxygens (including phenoxy) is 1. The molecule has 0 spiro atoms. The molecule has 0 radical (unpaired) electrons. The predicted octanol–water partition coefficient (Wildman–Crippen LogP) is 3.28. The molecule has 3 aliphatic rings. The number of carbonyl (C=O) groups is 2. The molecule has 7 heteroatoms. The normalized spacial score (nSPS) is 36.6. The van der Waals surface area contributed by atoms with Gasteiger partial charge >= 0.3 is 0 Å². The topological polar surface area (TPSA) is 91.8 Å². The summed E-state index contributed by atoms with van der Waals surface area (Å²) in [5.74, 6) is -0.160. The minimum atomic E-state index is -0.564. The van der Waals surface area contributed by atoms with E-state index >= 15 is 0 Å². The number of fused-ring (bicyclic) bond motifs is 1. The summed E-state index contributed by atoms with van der Waals surface area (Å²) in [5.41, 5.74) is 0.442. The maximum absolute atomic E-state index is 13.5. The number of nitrogens with zero attached hydrogens (tertiary/aromatic N) is 2. The lowest BCUT2D eigenvalue weighted by Crippen LogP contribution is -2.58. The van der Waals surface area contributed by atoms with E-state index in [-0.39, 0.29) is 53.0 Å². The van der Waals surface area contributed by atoms with Crippen molar-refractivity contribution >= 4 is 11.8 Å². The van der Waals surface area contributed by atoms with E-state index in [1.807, 2.05) is 17.9 Å². The Labute approximate surface area is 203 Å². The first kappa shape index (κ1) is 25.1. The van der Waals surface area contributed by atoms with Gasteiger partial charge < -0.3 is 20.1 Å². The van der Waals surface area contributed by atoms with E-state index in [1.165, 1.54) is 0 Å². The monoisotopic (exact) mass is 471 g/mol. The van der Waals surface area contributed by atoms with Gasteiger partial charge in [-0.05, 0) is 73.8 Å². The van der Waals surface area contributed by atoms with Gasteiger partial charge in [-0.2, -0.15) is 0 Å². The number of aromatic nitrogens is 1. The first-order valence-corrected chi connectivity index (χ1v) is 13.0. The van der Waals surface area contributed by atoms with E-state index in [1.54, 1.807) is 25.4 Å². The number of likely N-dealkylation sites (tertiary alicyclic amines) is 1. The molecule has 1 aliphatic heterocycles. The van der Waals surface area contributed by atoms with Gasteiger partial charge in [0, 0.05) is 31.8 Å². The number of pyridine rings is 1. The zero-order valence-corrected chi connectivity index (χ0v) is 21.1. The van der Waals surface area contributed by atoms with Gasteiger partial charge in [-0.15, -0.1) is 0 Å². The summed E-state index contributed by atoms with van der Waals surface area (Å²) in [6.07, 6.45) is 6.77. The van der Waals surface area contributed by atoms with Crippen molar-refractivity contribution in [3.63, 3.8) is 0 Å². The number of rotatable bonds is 6. The van der Waals surface area contributed by atoms with Gasteiger partial charge in [-0.3, -0.25) is 14.6 Å². The minimum Gasteiger partial charge on any atom is -0.392 e. The molecular formula is C27H41N3O4. The molecule has 0 aromatic carbocycles. The van der Waals surface area contributed by atoms with Gasteiger partial charge in [-0.25, -0.2) is 0 Å². The Kier molecular flexibility index (Phi) is 7.63. The van der Waals surface area contributed by atoms with Crippen LogP contribution in [0.5, 0.6) is 0 Å². The smallest absolute Gasteiger partial charge is 0.270 e. The minimum absolute atomic E-state index is 0.0170. The zero-order chi connectivity index (χ0) is 24.5. The average molecular weight is 472 g/mol. The fraction of sp³-hybridized carbons (Fsp3) is 0.741. The van der Waals surface area contributed by atoms with Crippen molar-refractivity contribution in [2.24, 2.45) is 29.1 Å². The van der Waals surface area contributed by atoms with E-state index in [4.69, 9.17) is 4.74 Å². The van der Waals surface area contributed by atoms with Crippen LogP contribution < -0.4 is 5.32 Å². The van der Waals surface area contributed by atoms with Crippen LogP contribution in [0.1, 0.15) is 69.8 Å². The molecule has 4 rings (SSSR count). The number of aliphatic hydroxyl groups excluding tert-OH is 1. The van der Waals surface area contributed by atoms with Crippen LogP contribution in [0.3, 0.4) is 0 Å². The molecule has 8 atom stereocenters. The van der Waals surface area contributed by atoms with Gasteiger partial charge in [0.1, 0.15) is 5.69 Å². The van der Waals surface area contributed by atoms with Crippen LogP contribution in [0.2, 0.25) is 0 Å². The quantitative estimate of drug-likeness (QED) is 0.664. The fourth-order valence-corrected chi connectivity index (χ4v) is 7.17. The van der Waals surface area contributed by atoms with Crippen molar-refractivity contribution in [2.45, 2.75) is 77.5 Å². The Balaban J connectivity index is 1.47. The summed E-state index contributed by atoms with van der Waals surface area (Å²) < 4.78 is 5.34. The molecule has 0 unspecified atom stereocenters. The Morgan fingerprint density at radius 3 is 2.76 bits per heavy atom. The summed E-state index contributed by atoms with van der Waals surface area (Å²) in [6, 6.07) is 5.46. The molecule has 1 aromatic rings. The van der Waals surface area contributed by atoms with E-state index in [0.29, 0.717) is 12.3 Å². The largest absolute Gasteiger partial charge is 0.392 e. The molecule has 1 saturated heterocycles. The molecule has 34 heavy (non-hydrogen) atoms. The Bertz CT molecular complexity index is 865. The highest BCUT2D eigenvalue weighted by Gasteiger charge is 2.54. The summed E-state index contributed by atoms with van der Waals surface area (Å²) >= 11 is 0. The molecule has 2 heterocycles. The Hall–Kier alpha value is -1.99. The highest BCUT2D eigenvalue weighted by molar-refractivity contribution is 5.92. The first-order chi connectivity index (χ1) is 16.3. The molecule has 2 N–H and O–H groups in total. The van der Waals surface area contributed by atoms with Crippen LogP contribution in [0, 0.1) is 29.1 Å². The predicted molar refractivity (Wildman–Crippen MR) is 130 cm³/mol. The molecule has 188 valence electrons. The third kappa shape index (κ3) is 4.74. The first-order valence-electron chi connectivity index (χ1n) is 13.0. The van der Waals surface area contributed by atoms with Gasteiger partial charge in [0.25, 0.3) is 5.91 Å². The van der Waals surface area contributed by atoms with Crippen molar-refractivity contribution in [3.05, 3.63) is 30.1 Å². The maximum atomic E-state index is 13.5. The Morgan fingerprint density at radius 2 is 2.06 bits per heavy atom. The molecule has 7 nitrogen and oxygen atoms in total. The third-order valence-corrected chi connectivity index (χ3v) is 9.15. The van der Waals surface area contributed by atoms with Crippen LogP contribution in [0.25, 0.3) is 0 Å². The lowest BCUT2D eigenvalue weighted by Gasteiger charge is -2.56. The number of nitrogens with one attached hydrogen (secondary N) is 1. The van der Waals surface area contributed by atoms with Crippen LogP contribution in [0.4, 0.5) is 0 Å². The molecule has 3 fully saturated rings. The number of aliphatic hydroxyl groups is 1. The van der Waals surface area contributed by atoms with E-state index < -0.39 is 6.10 Å². The van der Waals surface area contributed by atoms with Crippen LogP contribution >= 0.6 is 0 Å². The summed E-state index contributed by atoms with van der Waals surface area (Å²) in [5, 5.41) is 14.9. The second kappa shape index (κ2) is 10.3. The number of carbonyl (C=O) groups excluding carboxylic acids is 2. The van der Waals surface area contributed by atoms with Crippen LogP contribution in [-0.2, 0) is 9.53 Å². The highest BCUT2D eigenvalue weighted by Crippen LogP contribution is 2.55. The van der Waals surface area contributed by atoms with Crippen LogP contribution in [0.15, 0.2) is 24.4 Å². The second-order valence-corrected chi connectivity index (χ2v) is 11.1. The second-order valence-electron chi connectivity index (χ2n) is 11.1. The summed E-state index contributed by atoms with van der Waals surface area (Å²) in [7, 11) is 1.68. The SMILES string of the molecule is COC[C@H]1CCCN1C(=O)[C@@H](C)[C@@H]1CC[C@]2(C)CC[C@H](NC(=O)c3ccccn3)[C@H](C)[C@@H]2[C@H]1O. The Morgan fingerprint density at radius 1 is 1.29 bits per heavy atom. The molecule has 2 saturated carbocycles. The van der Waals surface area contributed by atoms with Crippen molar-refractivity contribution in [1.82, 2.24) is 15.2 Å². The van der Waals surface area contributed by atoms with Crippen LogP contribution in [-0.4, -0.2) is 65.3 Å². The lowest BCUT2D eigenvalue weighted by atomic mass is 9.51. The molecule has 2 amide bonds. The van der Waals surface area contributed by atoms with Gasteiger partial charge in [0.15, 0.2) is 0 Å². The van der Waals surface area contributed by atoms with E-state index in [0.717, 1.165) is 45.1 Å². The van der Waals surface area contributed by atoms with E-state index in [9.17, 15) is 14.7 Å². The molecule has 0 bridgehead atoms. The fourth-order valence-electron chi connectivity index (χ4n) is 7.17. The molecule has 2 aliphatic carbocycles. The zero-order valence-electron chi connectivity index (χ0n) is 21.1. The number of hydrogen-bond donors (Lipinski definition) is 2. The third-order valence-electron chi connectivity index (χ3n) is 9.15. The van der Waals surface area contributed by atoms with Crippen molar-refractivity contribution in [1.29, 1.82) is 0 Å². The van der Waals surface area contributed by atoms with Crippen molar-refractivity contribution in [3.8, 4) is 0 Å². The maximum Gasteiger partial charge on any atom is 0.270 e. The number of methoxy groups -OCH3 is 1. The van der Waals surface area contributed by atoms with Gasteiger partial charge in [-0.1, -0.05) is 26.8 Å². The standard InChI is InChI=1S/C27H41N3O4/c1-17(26(33)30-15-7-8-19(30)16-34-4)20-10-12-27(3)13-11-21(18(2)23(27)24(20)31)29-25(32)22-9-5-6-14-28-22/h5-6,9,14,17-21,23-24,31H,7-8,10-13,15-16H2,1-4H3,(H,29,32)/t17-,18-,19+,20-,21-,23+,24-,27+/m0/s1.